The Kier molecular flexibility index (Phi) is 3.71. The summed E-state index contributed by atoms with van der Waals surface area (Å²) in [5.41, 5.74) is 1.49. The fraction of sp³-hybridized carbons (Fsp3) is 0.167. The molecule has 0 nitrogen and oxygen atoms in total. The molecule has 0 saturated heterocycles. The minimum Gasteiger partial charge on any atom is -0.204 e. The van der Waals surface area contributed by atoms with Gasteiger partial charge < -0.3 is 0 Å². The van der Waals surface area contributed by atoms with Gasteiger partial charge in [0.15, 0.2) is 11.6 Å². The van der Waals surface area contributed by atoms with Crippen LogP contribution in [0, 0.1) is 11.6 Å². The third-order valence-corrected chi connectivity index (χ3v) is 3.89. The third-order valence-electron chi connectivity index (χ3n) is 2.34. The monoisotopic (exact) mass is 302 g/mol. The van der Waals surface area contributed by atoms with E-state index in [-0.39, 0.29) is 4.83 Å². The van der Waals surface area contributed by atoms with Crippen molar-refractivity contribution in [3.63, 3.8) is 0 Å². The van der Waals surface area contributed by atoms with Gasteiger partial charge in [-0.2, -0.15) is 11.3 Å². The van der Waals surface area contributed by atoms with E-state index < -0.39 is 11.6 Å². The van der Waals surface area contributed by atoms with Gasteiger partial charge in [0, 0.05) is 4.83 Å². The first-order chi connectivity index (χ1) is 7.68. The SMILES string of the molecule is Fc1cccc(CC(Br)c2ccsc2)c1F. The molecule has 1 heterocycles. The lowest BCUT2D eigenvalue weighted by Crippen LogP contribution is -1.98. The van der Waals surface area contributed by atoms with Gasteiger partial charge in [-0.3, -0.25) is 0 Å². The molecule has 0 bridgehead atoms. The zero-order chi connectivity index (χ0) is 11.5. The van der Waals surface area contributed by atoms with Gasteiger partial charge in [-0.25, -0.2) is 8.78 Å². The first kappa shape index (κ1) is 11.7. The van der Waals surface area contributed by atoms with Crippen LogP contribution >= 0.6 is 27.3 Å². The number of thiophene rings is 1. The predicted molar refractivity (Wildman–Crippen MR) is 66.0 cm³/mol. The maximum Gasteiger partial charge on any atom is 0.162 e. The molecule has 0 aliphatic carbocycles. The molecule has 2 aromatic rings. The van der Waals surface area contributed by atoms with Crippen LogP contribution in [0.25, 0.3) is 0 Å². The van der Waals surface area contributed by atoms with Crippen molar-refractivity contribution < 1.29 is 8.78 Å². The fourth-order valence-electron chi connectivity index (χ4n) is 1.47. The maximum atomic E-state index is 13.4. The van der Waals surface area contributed by atoms with Crippen LogP contribution in [0.15, 0.2) is 35.0 Å². The molecule has 84 valence electrons. The van der Waals surface area contributed by atoms with Crippen molar-refractivity contribution in [1.82, 2.24) is 0 Å². The average Bonchev–Trinajstić information content (AvgIpc) is 2.78. The quantitative estimate of drug-likeness (QED) is 0.721. The van der Waals surface area contributed by atoms with E-state index in [0.29, 0.717) is 12.0 Å². The lowest BCUT2D eigenvalue weighted by molar-refractivity contribution is 0.498. The normalized spacial score (nSPS) is 12.7. The van der Waals surface area contributed by atoms with Gasteiger partial charge in [0.1, 0.15) is 0 Å². The number of halogens is 3. The van der Waals surface area contributed by atoms with Crippen molar-refractivity contribution in [3.05, 3.63) is 57.8 Å². The molecular weight excluding hydrogens is 294 g/mol. The summed E-state index contributed by atoms with van der Waals surface area (Å²) in [6, 6.07) is 6.24. The van der Waals surface area contributed by atoms with E-state index in [4.69, 9.17) is 0 Å². The average molecular weight is 303 g/mol. The second-order valence-corrected chi connectivity index (χ2v) is 5.33. The number of rotatable bonds is 3. The number of hydrogen-bond acceptors (Lipinski definition) is 1. The number of hydrogen-bond donors (Lipinski definition) is 0. The molecule has 0 saturated carbocycles. The zero-order valence-corrected chi connectivity index (χ0v) is 10.7. The number of benzene rings is 1. The highest BCUT2D eigenvalue weighted by Crippen LogP contribution is 2.29. The van der Waals surface area contributed by atoms with Crippen LogP contribution in [0.3, 0.4) is 0 Å². The molecule has 1 unspecified atom stereocenters. The van der Waals surface area contributed by atoms with Crippen molar-refractivity contribution in [1.29, 1.82) is 0 Å². The van der Waals surface area contributed by atoms with E-state index in [0.717, 1.165) is 11.6 Å². The predicted octanol–water partition coefficient (Wildman–Crippen LogP) is 4.71. The topological polar surface area (TPSA) is 0 Å². The van der Waals surface area contributed by atoms with Gasteiger partial charge >= 0.3 is 0 Å². The Morgan fingerprint density at radius 2 is 2.06 bits per heavy atom. The van der Waals surface area contributed by atoms with Gasteiger partial charge in [-0.05, 0) is 40.4 Å². The lowest BCUT2D eigenvalue weighted by atomic mass is 10.1. The Morgan fingerprint density at radius 1 is 1.25 bits per heavy atom. The zero-order valence-electron chi connectivity index (χ0n) is 8.29. The molecule has 0 spiro atoms. The minimum absolute atomic E-state index is 0.0232. The van der Waals surface area contributed by atoms with E-state index in [9.17, 15) is 8.78 Å². The Bertz CT molecular complexity index is 468. The molecule has 0 aliphatic heterocycles. The highest BCUT2D eigenvalue weighted by molar-refractivity contribution is 9.09. The molecule has 0 radical (unpaired) electrons. The summed E-state index contributed by atoms with van der Waals surface area (Å²) in [7, 11) is 0. The molecule has 4 heteroatoms. The highest BCUT2D eigenvalue weighted by atomic mass is 79.9. The van der Waals surface area contributed by atoms with E-state index >= 15 is 0 Å². The van der Waals surface area contributed by atoms with Crippen LogP contribution in [-0.2, 0) is 6.42 Å². The molecule has 1 aromatic carbocycles. The first-order valence-corrected chi connectivity index (χ1v) is 6.63. The standard InChI is InChI=1S/C12H9BrF2S/c13-10(9-4-5-16-7-9)6-8-2-1-3-11(14)12(8)15/h1-5,7,10H,6H2. The first-order valence-electron chi connectivity index (χ1n) is 4.77. The molecule has 1 aromatic heterocycles. The maximum absolute atomic E-state index is 13.4. The Balaban J connectivity index is 2.18. The van der Waals surface area contributed by atoms with Crippen molar-refractivity contribution >= 4 is 27.3 Å². The largest absolute Gasteiger partial charge is 0.204 e. The second kappa shape index (κ2) is 5.06. The van der Waals surface area contributed by atoms with Gasteiger partial charge in [-0.15, -0.1) is 0 Å². The van der Waals surface area contributed by atoms with Crippen LogP contribution in [0.1, 0.15) is 16.0 Å². The van der Waals surface area contributed by atoms with Gasteiger partial charge in [-0.1, -0.05) is 28.1 Å². The number of alkyl halides is 1. The van der Waals surface area contributed by atoms with Gasteiger partial charge in [0.05, 0.1) is 0 Å². The van der Waals surface area contributed by atoms with Crippen LogP contribution < -0.4 is 0 Å². The van der Waals surface area contributed by atoms with E-state index in [1.165, 1.54) is 6.07 Å². The van der Waals surface area contributed by atoms with E-state index in [2.05, 4.69) is 15.9 Å². The summed E-state index contributed by atoms with van der Waals surface area (Å²) in [5, 5.41) is 3.96. The third kappa shape index (κ3) is 2.50. The summed E-state index contributed by atoms with van der Waals surface area (Å²) in [6.45, 7) is 0. The molecule has 2 rings (SSSR count). The molecule has 0 N–H and O–H groups in total. The second-order valence-electron chi connectivity index (χ2n) is 3.44. The van der Waals surface area contributed by atoms with Crippen LogP contribution in [0.2, 0.25) is 0 Å². The minimum atomic E-state index is -0.789. The van der Waals surface area contributed by atoms with E-state index in [1.54, 1.807) is 17.4 Å². The Labute approximate surface area is 105 Å². The van der Waals surface area contributed by atoms with Crippen molar-refractivity contribution in [2.75, 3.05) is 0 Å². The Morgan fingerprint density at radius 3 is 2.75 bits per heavy atom. The van der Waals surface area contributed by atoms with Crippen LogP contribution in [-0.4, -0.2) is 0 Å². The molecule has 16 heavy (non-hydrogen) atoms. The molecule has 0 amide bonds. The van der Waals surface area contributed by atoms with Crippen molar-refractivity contribution in [3.8, 4) is 0 Å². The molecule has 1 atom stereocenters. The summed E-state index contributed by atoms with van der Waals surface area (Å²) < 4.78 is 26.4. The summed E-state index contributed by atoms with van der Waals surface area (Å²) in [6.07, 6.45) is 0.445. The van der Waals surface area contributed by atoms with Crippen molar-refractivity contribution in [2.45, 2.75) is 11.2 Å². The van der Waals surface area contributed by atoms with Crippen molar-refractivity contribution in [2.24, 2.45) is 0 Å². The molecule has 0 aliphatic rings. The lowest BCUT2D eigenvalue weighted by Gasteiger charge is -2.09. The summed E-state index contributed by atoms with van der Waals surface area (Å²) in [4.78, 5) is 0.0232. The Hall–Kier alpha value is -0.740. The van der Waals surface area contributed by atoms with Gasteiger partial charge in [0.2, 0.25) is 0 Å². The molecule has 0 fully saturated rings. The summed E-state index contributed by atoms with van der Waals surface area (Å²) >= 11 is 5.07. The smallest absolute Gasteiger partial charge is 0.162 e. The van der Waals surface area contributed by atoms with E-state index in [1.807, 2.05) is 16.8 Å². The highest BCUT2D eigenvalue weighted by Gasteiger charge is 2.13. The van der Waals surface area contributed by atoms with Gasteiger partial charge in [0.25, 0.3) is 0 Å². The summed E-state index contributed by atoms with van der Waals surface area (Å²) in [5.74, 6) is -1.54. The fourth-order valence-corrected chi connectivity index (χ4v) is 2.99. The molecular formula is C12H9BrF2S. The van der Waals surface area contributed by atoms with Crippen LogP contribution in [0.5, 0.6) is 0 Å². The van der Waals surface area contributed by atoms with Crippen LogP contribution in [0.4, 0.5) is 8.78 Å².